The van der Waals surface area contributed by atoms with Gasteiger partial charge in [0.25, 0.3) is 0 Å². The van der Waals surface area contributed by atoms with Gasteiger partial charge in [0.1, 0.15) is 11.2 Å². The summed E-state index contributed by atoms with van der Waals surface area (Å²) in [5.74, 6) is 0. The van der Waals surface area contributed by atoms with Crippen LogP contribution >= 0.6 is 31.9 Å². The lowest BCUT2D eigenvalue weighted by atomic mass is 10.2. The van der Waals surface area contributed by atoms with Crippen molar-refractivity contribution in [1.82, 2.24) is 4.98 Å². The van der Waals surface area contributed by atoms with E-state index in [4.69, 9.17) is 4.74 Å². The molecule has 0 saturated heterocycles. The molecule has 1 aromatic heterocycles. The van der Waals surface area contributed by atoms with Crippen LogP contribution in [0, 0.1) is 0 Å². The highest BCUT2D eigenvalue weighted by Crippen LogP contribution is 2.23. The molecule has 0 atom stereocenters. The second kappa shape index (κ2) is 6.68. The van der Waals surface area contributed by atoms with Crippen LogP contribution in [0.5, 0.6) is 0 Å². The quantitative estimate of drug-likeness (QED) is 0.798. The van der Waals surface area contributed by atoms with Crippen molar-refractivity contribution < 1.29 is 9.53 Å². The van der Waals surface area contributed by atoms with Gasteiger partial charge in [0.15, 0.2) is 0 Å². The molecule has 0 fully saturated rings. The Morgan fingerprint density at radius 3 is 2.74 bits per heavy atom. The summed E-state index contributed by atoms with van der Waals surface area (Å²) < 4.78 is 6.43. The monoisotopic (exact) mass is 384 g/mol. The van der Waals surface area contributed by atoms with E-state index in [1.807, 2.05) is 30.3 Å². The van der Waals surface area contributed by atoms with Crippen LogP contribution in [0.2, 0.25) is 0 Å². The number of ether oxygens (including phenoxy) is 1. The summed E-state index contributed by atoms with van der Waals surface area (Å²) in [4.78, 5) is 15.7. The minimum atomic E-state index is -0.524. The molecular weight excluding hydrogens is 376 g/mol. The summed E-state index contributed by atoms with van der Waals surface area (Å²) in [6.07, 6.45) is 1.11. The van der Waals surface area contributed by atoms with Crippen LogP contribution in [-0.2, 0) is 11.3 Å². The molecule has 98 valence electrons. The van der Waals surface area contributed by atoms with E-state index in [1.54, 1.807) is 12.3 Å². The number of hydrogen-bond donors (Lipinski definition) is 1. The second-order valence-electron chi connectivity index (χ2n) is 3.68. The highest BCUT2D eigenvalue weighted by molar-refractivity contribution is 9.11. The Hall–Kier alpha value is -1.40. The van der Waals surface area contributed by atoms with E-state index in [0.29, 0.717) is 10.3 Å². The smallest absolute Gasteiger partial charge is 0.412 e. The molecule has 1 aromatic carbocycles. The summed E-state index contributed by atoms with van der Waals surface area (Å²) in [6.45, 7) is 0.228. The number of halogens is 2. The first-order chi connectivity index (χ1) is 9.15. The van der Waals surface area contributed by atoms with Gasteiger partial charge in [-0.1, -0.05) is 30.3 Å². The number of carbonyl (C=O) groups is 1. The van der Waals surface area contributed by atoms with E-state index < -0.39 is 6.09 Å². The summed E-state index contributed by atoms with van der Waals surface area (Å²) in [5.41, 5.74) is 1.48. The Morgan fingerprint density at radius 2 is 2.00 bits per heavy atom. The van der Waals surface area contributed by atoms with Crippen molar-refractivity contribution in [2.75, 3.05) is 5.32 Å². The normalized spacial score (nSPS) is 10.0. The van der Waals surface area contributed by atoms with Gasteiger partial charge in [-0.25, -0.2) is 9.78 Å². The zero-order chi connectivity index (χ0) is 13.7. The van der Waals surface area contributed by atoms with Gasteiger partial charge in [0.2, 0.25) is 0 Å². The van der Waals surface area contributed by atoms with Gasteiger partial charge in [-0.05, 0) is 43.5 Å². The van der Waals surface area contributed by atoms with Gasteiger partial charge >= 0.3 is 6.09 Å². The lowest BCUT2D eigenvalue weighted by Gasteiger charge is -2.08. The average Bonchev–Trinajstić information content (AvgIpc) is 2.42. The summed E-state index contributed by atoms with van der Waals surface area (Å²) >= 11 is 6.54. The van der Waals surface area contributed by atoms with Gasteiger partial charge in [-0.3, -0.25) is 5.32 Å². The van der Waals surface area contributed by atoms with Crippen molar-refractivity contribution in [2.45, 2.75) is 6.61 Å². The molecule has 0 unspecified atom stereocenters. The Bertz CT molecular complexity index is 576. The van der Waals surface area contributed by atoms with Crippen LogP contribution in [0.15, 0.2) is 51.7 Å². The van der Waals surface area contributed by atoms with E-state index in [9.17, 15) is 4.79 Å². The van der Waals surface area contributed by atoms with E-state index >= 15 is 0 Å². The highest BCUT2D eigenvalue weighted by atomic mass is 79.9. The van der Waals surface area contributed by atoms with Crippen LogP contribution in [0.3, 0.4) is 0 Å². The molecular formula is C13H10Br2N2O2. The van der Waals surface area contributed by atoms with Gasteiger partial charge in [-0.2, -0.15) is 0 Å². The maximum absolute atomic E-state index is 11.7. The van der Waals surface area contributed by atoms with Gasteiger partial charge in [0, 0.05) is 10.7 Å². The topological polar surface area (TPSA) is 51.2 Å². The Balaban J connectivity index is 1.93. The van der Waals surface area contributed by atoms with Crippen molar-refractivity contribution >= 4 is 43.6 Å². The highest BCUT2D eigenvalue weighted by Gasteiger charge is 2.08. The third kappa shape index (κ3) is 4.33. The maximum atomic E-state index is 11.7. The van der Waals surface area contributed by atoms with Crippen LogP contribution in [0.4, 0.5) is 10.5 Å². The molecule has 6 heteroatoms. The summed E-state index contributed by atoms with van der Waals surface area (Å²) in [7, 11) is 0. The Labute approximate surface area is 127 Å². The first kappa shape index (κ1) is 14.0. The van der Waals surface area contributed by atoms with Crippen LogP contribution in [0.1, 0.15) is 5.56 Å². The Kier molecular flexibility index (Phi) is 4.93. The number of aromatic nitrogens is 1. The van der Waals surface area contributed by atoms with Crippen molar-refractivity contribution in [3.63, 3.8) is 0 Å². The molecule has 0 aliphatic rings. The van der Waals surface area contributed by atoms with Crippen molar-refractivity contribution in [2.24, 2.45) is 0 Å². The molecule has 1 heterocycles. The van der Waals surface area contributed by atoms with Crippen molar-refractivity contribution in [1.29, 1.82) is 0 Å². The van der Waals surface area contributed by atoms with Crippen LogP contribution in [0.25, 0.3) is 0 Å². The molecule has 1 N–H and O–H groups in total. The average molecular weight is 386 g/mol. The fourth-order valence-electron chi connectivity index (χ4n) is 1.38. The third-order valence-electron chi connectivity index (χ3n) is 2.26. The third-order valence-corrected chi connectivity index (χ3v) is 3.32. The molecule has 0 spiro atoms. The summed E-state index contributed by atoms with van der Waals surface area (Å²) in [6, 6.07) is 11.2. The SMILES string of the molecule is O=C(Nc1cc(Br)cnc1Br)OCc1ccccc1. The van der Waals surface area contributed by atoms with E-state index in [1.165, 1.54) is 0 Å². The zero-order valence-electron chi connectivity index (χ0n) is 9.77. The first-order valence-corrected chi connectivity index (χ1v) is 7.02. The molecule has 19 heavy (non-hydrogen) atoms. The number of benzene rings is 1. The molecule has 1 amide bonds. The molecule has 2 rings (SSSR count). The van der Waals surface area contributed by atoms with E-state index in [2.05, 4.69) is 42.2 Å². The zero-order valence-corrected chi connectivity index (χ0v) is 12.9. The fourth-order valence-corrected chi connectivity index (χ4v) is 2.03. The number of rotatable bonds is 3. The number of pyridine rings is 1. The lowest BCUT2D eigenvalue weighted by Crippen LogP contribution is -2.14. The number of nitrogens with zero attached hydrogens (tertiary/aromatic N) is 1. The minimum Gasteiger partial charge on any atom is -0.444 e. The van der Waals surface area contributed by atoms with Gasteiger partial charge in [0.05, 0.1) is 5.69 Å². The number of hydrogen-bond acceptors (Lipinski definition) is 3. The Morgan fingerprint density at radius 1 is 1.26 bits per heavy atom. The van der Waals surface area contributed by atoms with Crippen LogP contribution < -0.4 is 5.32 Å². The van der Waals surface area contributed by atoms with Gasteiger partial charge < -0.3 is 4.74 Å². The number of nitrogens with one attached hydrogen (secondary N) is 1. The predicted molar refractivity (Wildman–Crippen MR) is 79.9 cm³/mol. The van der Waals surface area contributed by atoms with Crippen molar-refractivity contribution in [3.8, 4) is 0 Å². The van der Waals surface area contributed by atoms with Crippen molar-refractivity contribution in [3.05, 3.63) is 57.2 Å². The molecule has 0 bridgehead atoms. The number of carbonyl (C=O) groups excluding carboxylic acids is 1. The second-order valence-corrected chi connectivity index (χ2v) is 5.35. The number of anilines is 1. The standard InChI is InChI=1S/C13H10Br2N2O2/c14-10-6-11(12(15)16-7-10)17-13(18)19-8-9-4-2-1-3-5-9/h1-7H,8H2,(H,17,18). The molecule has 2 aromatic rings. The first-order valence-electron chi connectivity index (χ1n) is 5.44. The minimum absolute atomic E-state index is 0.228. The van der Waals surface area contributed by atoms with E-state index in [-0.39, 0.29) is 6.61 Å². The molecule has 0 aliphatic heterocycles. The predicted octanol–water partition coefficient (Wildman–Crippen LogP) is 4.36. The lowest BCUT2D eigenvalue weighted by molar-refractivity contribution is 0.155. The van der Waals surface area contributed by atoms with Gasteiger partial charge in [-0.15, -0.1) is 0 Å². The maximum Gasteiger partial charge on any atom is 0.412 e. The largest absolute Gasteiger partial charge is 0.444 e. The molecule has 0 radical (unpaired) electrons. The molecule has 0 saturated carbocycles. The summed E-state index contributed by atoms with van der Waals surface area (Å²) in [5, 5.41) is 2.62. The molecule has 0 aliphatic carbocycles. The fraction of sp³-hybridized carbons (Fsp3) is 0.0769. The molecule has 4 nitrogen and oxygen atoms in total. The van der Waals surface area contributed by atoms with Crippen LogP contribution in [-0.4, -0.2) is 11.1 Å². The number of amides is 1. The van der Waals surface area contributed by atoms with E-state index in [0.717, 1.165) is 10.0 Å².